The predicted molar refractivity (Wildman–Crippen MR) is 120 cm³/mol. The van der Waals surface area contributed by atoms with Crippen molar-refractivity contribution in [2.24, 2.45) is 0 Å². The van der Waals surface area contributed by atoms with Crippen LogP contribution in [0.15, 0.2) is 76.9 Å². The maximum atomic E-state index is 13.2. The Labute approximate surface area is 179 Å². The first kappa shape index (κ1) is 20.4. The van der Waals surface area contributed by atoms with E-state index in [1.807, 2.05) is 61.8 Å². The van der Waals surface area contributed by atoms with Gasteiger partial charge in [0.25, 0.3) is 5.56 Å². The van der Waals surface area contributed by atoms with Gasteiger partial charge in [0, 0.05) is 26.0 Å². The van der Waals surface area contributed by atoms with E-state index in [1.54, 1.807) is 11.7 Å². The zero-order valence-electron chi connectivity index (χ0n) is 17.1. The minimum atomic E-state index is -0.119. The fourth-order valence-corrected chi connectivity index (χ4v) is 4.53. The SMILES string of the molecule is COC[C@@H](C)n1c(SCc2nccn2Cc2ccccc2)nc2ccccc2c1=O. The number of imidazole rings is 1. The van der Waals surface area contributed by atoms with E-state index in [2.05, 4.69) is 21.7 Å². The van der Waals surface area contributed by atoms with Gasteiger partial charge in [0.15, 0.2) is 5.16 Å². The minimum absolute atomic E-state index is 0.0414. The fourth-order valence-electron chi connectivity index (χ4n) is 3.47. The molecule has 2 aromatic heterocycles. The zero-order chi connectivity index (χ0) is 20.9. The summed E-state index contributed by atoms with van der Waals surface area (Å²) in [4.78, 5) is 22.5. The Morgan fingerprint density at radius 2 is 1.87 bits per heavy atom. The molecule has 0 amide bonds. The summed E-state index contributed by atoms with van der Waals surface area (Å²) >= 11 is 1.53. The van der Waals surface area contributed by atoms with Gasteiger partial charge in [0.1, 0.15) is 5.82 Å². The van der Waals surface area contributed by atoms with Crippen LogP contribution in [0.4, 0.5) is 0 Å². The summed E-state index contributed by atoms with van der Waals surface area (Å²) in [6.45, 7) is 3.17. The molecule has 7 heteroatoms. The van der Waals surface area contributed by atoms with E-state index in [-0.39, 0.29) is 11.6 Å². The van der Waals surface area contributed by atoms with Gasteiger partial charge in [-0.2, -0.15) is 0 Å². The quantitative estimate of drug-likeness (QED) is 0.317. The van der Waals surface area contributed by atoms with Gasteiger partial charge < -0.3 is 9.30 Å². The van der Waals surface area contributed by atoms with Crippen molar-refractivity contribution in [3.63, 3.8) is 0 Å². The highest BCUT2D eigenvalue weighted by Crippen LogP contribution is 2.24. The minimum Gasteiger partial charge on any atom is -0.383 e. The molecule has 0 aliphatic carbocycles. The highest BCUT2D eigenvalue weighted by Gasteiger charge is 2.17. The monoisotopic (exact) mass is 420 g/mol. The summed E-state index contributed by atoms with van der Waals surface area (Å²) in [5, 5.41) is 1.30. The summed E-state index contributed by atoms with van der Waals surface area (Å²) in [6, 6.07) is 17.6. The van der Waals surface area contributed by atoms with E-state index in [0.29, 0.717) is 28.4 Å². The van der Waals surface area contributed by atoms with Crippen molar-refractivity contribution in [1.82, 2.24) is 19.1 Å². The predicted octanol–water partition coefficient (Wildman–Crippen LogP) is 4.14. The van der Waals surface area contributed by atoms with Crippen LogP contribution in [-0.4, -0.2) is 32.8 Å². The molecule has 154 valence electrons. The number of hydrogen-bond acceptors (Lipinski definition) is 5. The van der Waals surface area contributed by atoms with Crippen molar-refractivity contribution in [2.45, 2.75) is 30.4 Å². The van der Waals surface area contributed by atoms with Crippen LogP contribution in [0, 0.1) is 0 Å². The topological polar surface area (TPSA) is 61.9 Å². The second-order valence-corrected chi connectivity index (χ2v) is 8.08. The molecule has 0 N–H and O–H groups in total. The van der Waals surface area contributed by atoms with Gasteiger partial charge in [0.2, 0.25) is 0 Å². The van der Waals surface area contributed by atoms with Crippen molar-refractivity contribution >= 4 is 22.7 Å². The van der Waals surface area contributed by atoms with E-state index in [0.717, 1.165) is 12.4 Å². The van der Waals surface area contributed by atoms with Gasteiger partial charge in [-0.1, -0.05) is 54.2 Å². The average molecular weight is 421 g/mol. The highest BCUT2D eigenvalue weighted by molar-refractivity contribution is 7.98. The molecule has 0 aliphatic heterocycles. The third-order valence-corrected chi connectivity index (χ3v) is 5.90. The van der Waals surface area contributed by atoms with E-state index in [1.165, 1.54) is 17.3 Å². The molecule has 30 heavy (non-hydrogen) atoms. The number of fused-ring (bicyclic) bond motifs is 1. The van der Waals surface area contributed by atoms with Crippen molar-refractivity contribution in [3.05, 3.63) is 88.7 Å². The normalized spacial score (nSPS) is 12.3. The van der Waals surface area contributed by atoms with Crippen LogP contribution in [-0.2, 0) is 17.0 Å². The van der Waals surface area contributed by atoms with Crippen molar-refractivity contribution in [3.8, 4) is 0 Å². The number of hydrogen-bond donors (Lipinski definition) is 0. The molecule has 0 fully saturated rings. The lowest BCUT2D eigenvalue weighted by atomic mass is 10.2. The van der Waals surface area contributed by atoms with Gasteiger partial charge in [-0.25, -0.2) is 9.97 Å². The molecule has 4 rings (SSSR count). The molecule has 4 aromatic rings. The highest BCUT2D eigenvalue weighted by atomic mass is 32.2. The van der Waals surface area contributed by atoms with Crippen LogP contribution in [0.2, 0.25) is 0 Å². The van der Waals surface area contributed by atoms with E-state index < -0.39 is 0 Å². The largest absolute Gasteiger partial charge is 0.383 e. The van der Waals surface area contributed by atoms with Gasteiger partial charge in [-0.15, -0.1) is 0 Å². The van der Waals surface area contributed by atoms with E-state index in [9.17, 15) is 4.79 Å². The Bertz CT molecular complexity index is 1190. The second kappa shape index (κ2) is 9.28. The summed E-state index contributed by atoms with van der Waals surface area (Å²) in [5.74, 6) is 1.56. The standard InChI is InChI=1S/C23H24N4O2S/c1-17(15-29-2)27-22(28)19-10-6-7-11-20(19)25-23(27)30-16-21-24-12-13-26(21)14-18-8-4-3-5-9-18/h3-13,17H,14-16H2,1-2H3/t17-/m1/s1. The first-order valence-electron chi connectivity index (χ1n) is 9.84. The molecular formula is C23H24N4O2S. The van der Waals surface area contributed by atoms with Gasteiger partial charge in [-0.05, 0) is 24.6 Å². The van der Waals surface area contributed by atoms with Crippen LogP contribution in [0.3, 0.4) is 0 Å². The third-order valence-electron chi connectivity index (χ3n) is 4.95. The molecule has 0 aliphatic rings. The maximum Gasteiger partial charge on any atom is 0.262 e. The van der Waals surface area contributed by atoms with Crippen LogP contribution in [0.5, 0.6) is 0 Å². The molecule has 1 atom stereocenters. The molecule has 6 nitrogen and oxygen atoms in total. The summed E-state index contributed by atoms with van der Waals surface area (Å²) < 4.78 is 9.17. The Kier molecular flexibility index (Phi) is 6.30. The molecule has 0 radical (unpaired) electrons. The van der Waals surface area contributed by atoms with Crippen LogP contribution < -0.4 is 5.56 Å². The summed E-state index contributed by atoms with van der Waals surface area (Å²) in [6.07, 6.45) is 3.80. The first-order chi connectivity index (χ1) is 14.7. The smallest absolute Gasteiger partial charge is 0.262 e. The van der Waals surface area contributed by atoms with Gasteiger partial charge >= 0.3 is 0 Å². The molecular weight excluding hydrogens is 396 g/mol. The van der Waals surface area contributed by atoms with E-state index in [4.69, 9.17) is 9.72 Å². The molecule has 0 bridgehead atoms. The zero-order valence-corrected chi connectivity index (χ0v) is 17.9. The number of benzene rings is 2. The lowest BCUT2D eigenvalue weighted by molar-refractivity contribution is 0.156. The van der Waals surface area contributed by atoms with Crippen LogP contribution in [0.1, 0.15) is 24.4 Å². The third kappa shape index (κ3) is 4.32. The van der Waals surface area contributed by atoms with Gasteiger partial charge in [-0.3, -0.25) is 9.36 Å². The number of methoxy groups -OCH3 is 1. The lowest BCUT2D eigenvalue weighted by Gasteiger charge is -2.19. The summed E-state index contributed by atoms with van der Waals surface area (Å²) in [7, 11) is 1.64. The number of para-hydroxylation sites is 1. The van der Waals surface area contributed by atoms with Crippen LogP contribution >= 0.6 is 11.8 Å². The Morgan fingerprint density at radius 1 is 1.10 bits per heavy atom. The first-order valence-corrected chi connectivity index (χ1v) is 10.8. The average Bonchev–Trinajstić information content (AvgIpc) is 3.20. The number of rotatable bonds is 8. The second-order valence-electron chi connectivity index (χ2n) is 7.14. The van der Waals surface area contributed by atoms with Crippen LogP contribution in [0.25, 0.3) is 10.9 Å². The number of thioether (sulfide) groups is 1. The molecule has 0 unspecified atom stereocenters. The summed E-state index contributed by atoms with van der Waals surface area (Å²) in [5.41, 5.74) is 1.88. The molecule has 0 spiro atoms. The van der Waals surface area contributed by atoms with E-state index >= 15 is 0 Å². The Morgan fingerprint density at radius 3 is 2.67 bits per heavy atom. The maximum absolute atomic E-state index is 13.2. The number of nitrogens with zero attached hydrogens (tertiary/aromatic N) is 4. The Hall–Kier alpha value is -2.90. The fraction of sp³-hybridized carbons (Fsp3) is 0.261. The molecule has 0 saturated carbocycles. The van der Waals surface area contributed by atoms with Gasteiger partial charge in [0.05, 0.1) is 29.3 Å². The Balaban J connectivity index is 1.64. The molecule has 2 heterocycles. The molecule has 0 saturated heterocycles. The molecule has 2 aromatic carbocycles. The van der Waals surface area contributed by atoms with Crippen molar-refractivity contribution in [2.75, 3.05) is 13.7 Å². The van der Waals surface area contributed by atoms with Crippen molar-refractivity contribution < 1.29 is 4.74 Å². The lowest BCUT2D eigenvalue weighted by Crippen LogP contribution is -2.28. The number of aromatic nitrogens is 4. The number of ether oxygens (including phenoxy) is 1. The van der Waals surface area contributed by atoms with Crippen molar-refractivity contribution in [1.29, 1.82) is 0 Å².